The number of hydrogen-bond donors (Lipinski definition) is 2. The Kier molecular flexibility index (Phi) is 5.14. The van der Waals surface area contributed by atoms with Crippen LogP contribution in [0.25, 0.3) is 0 Å². The van der Waals surface area contributed by atoms with E-state index in [0.717, 1.165) is 28.8 Å². The maximum atomic E-state index is 12.0. The first-order valence-electron chi connectivity index (χ1n) is 8.05. The Morgan fingerprint density at radius 3 is 2.56 bits per heavy atom. The zero-order chi connectivity index (χ0) is 17.8. The number of hydrogen-bond acceptors (Lipinski definition) is 5. The first kappa shape index (κ1) is 17.2. The predicted octanol–water partition coefficient (Wildman–Crippen LogP) is 0.898. The second-order valence-electron chi connectivity index (χ2n) is 5.79. The van der Waals surface area contributed by atoms with Crippen molar-refractivity contribution in [2.45, 2.75) is 25.7 Å². The van der Waals surface area contributed by atoms with Gasteiger partial charge in [-0.15, -0.1) is 11.3 Å². The monoisotopic (exact) mass is 357 g/mol. The van der Waals surface area contributed by atoms with E-state index in [1.807, 2.05) is 30.3 Å². The molecule has 0 saturated carbocycles. The summed E-state index contributed by atoms with van der Waals surface area (Å²) in [7, 11) is 0. The highest BCUT2D eigenvalue weighted by Gasteiger charge is 2.25. The smallest absolute Gasteiger partial charge is 0.314 e. The molecule has 0 bridgehead atoms. The molecule has 1 aliphatic carbocycles. The molecule has 7 heteroatoms. The molecule has 2 N–H and O–H groups in total. The maximum Gasteiger partial charge on any atom is 0.314 e. The molecule has 0 atom stereocenters. The van der Waals surface area contributed by atoms with Crippen LogP contribution in [0, 0.1) is 0 Å². The number of anilines is 1. The standard InChI is InChI=1S/C18H18N2O4S/c21-15(19-10-9-11-5-2-1-3-6-11)16(22)20-17-14(18(23)24)12-7-4-8-13(12)25-17/h1-3,5-6H,4,7-10H2,(H,19,21)(H,20,22)(H,23,24)/p-1. The van der Waals surface area contributed by atoms with Crippen LogP contribution in [0.2, 0.25) is 0 Å². The molecule has 2 aromatic rings. The van der Waals surface area contributed by atoms with Gasteiger partial charge < -0.3 is 20.5 Å². The molecule has 2 amide bonds. The minimum atomic E-state index is -1.32. The topological polar surface area (TPSA) is 98.3 Å². The number of benzene rings is 1. The van der Waals surface area contributed by atoms with E-state index < -0.39 is 17.8 Å². The van der Waals surface area contributed by atoms with Crippen molar-refractivity contribution in [3.05, 3.63) is 51.9 Å². The lowest BCUT2D eigenvalue weighted by atomic mass is 10.1. The molecule has 25 heavy (non-hydrogen) atoms. The number of aromatic carboxylic acids is 1. The van der Waals surface area contributed by atoms with Crippen molar-refractivity contribution in [2.75, 3.05) is 11.9 Å². The van der Waals surface area contributed by atoms with Crippen LogP contribution in [-0.2, 0) is 28.9 Å². The molecule has 3 rings (SSSR count). The summed E-state index contributed by atoms with van der Waals surface area (Å²) < 4.78 is 0. The summed E-state index contributed by atoms with van der Waals surface area (Å²) in [4.78, 5) is 36.2. The molecule has 0 radical (unpaired) electrons. The van der Waals surface area contributed by atoms with Crippen molar-refractivity contribution in [3.8, 4) is 0 Å². The molecular formula is C18H17N2O4S-. The number of fused-ring (bicyclic) bond motifs is 1. The Hall–Kier alpha value is -2.67. The molecule has 0 aliphatic heterocycles. The Bertz CT molecular complexity index is 814. The fraction of sp³-hybridized carbons (Fsp3) is 0.278. The molecule has 0 saturated heterocycles. The highest BCUT2D eigenvalue weighted by atomic mass is 32.1. The largest absolute Gasteiger partial charge is 0.545 e. The van der Waals surface area contributed by atoms with Crippen LogP contribution < -0.4 is 15.7 Å². The fourth-order valence-corrected chi connectivity index (χ4v) is 4.19. The van der Waals surface area contributed by atoms with Gasteiger partial charge in [0, 0.05) is 17.0 Å². The van der Waals surface area contributed by atoms with Gasteiger partial charge >= 0.3 is 11.8 Å². The number of aryl methyl sites for hydroxylation is 1. The quantitative estimate of drug-likeness (QED) is 0.777. The number of rotatable bonds is 5. The van der Waals surface area contributed by atoms with Crippen LogP contribution in [0.3, 0.4) is 0 Å². The Morgan fingerprint density at radius 1 is 1.08 bits per heavy atom. The summed E-state index contributed by atoms with van der Waals surface area (Å²) in [5.41, 5.74) is 1.80. The SMILES string of the molecule is O=C(NCCc1ccccc1)C(=O)Nc1sc2c(c1C(=O)[O-])CCC2. The van der Waals surface area contributed by atoms with E-state index in [0.29, 0.717) is 19.4 Å². The van der Waals surface area contributed by atoms with Crippen LogP contribution in [0.1, 0.15) is 32.8 Å². The van der Waals surface area contributed by atoms with Crippen LogP contribution in [0.5, 0.6) is 0 Å². The molecular weight excluding hydrogens is 340 g/mol. The van der Waals surface area contributed by atoms with E-state index in [1.165, 1.54) is 11.3 Å². The lowest BCUT2D eigenvalue weighted by Gasteiger charge is -2.09. The number of carboxylic acid groups (broad SMARTS) is 1. The number of carbonyl (C=O) groups is 3. The number of thiophene rings is 1. The van der Waals surface area contributed by atoms with E-state index in [-0.39, 0.29) is 10.6 Å². The Balaban J connectivity index is 1.59. The van der Waals surface area contributed by atoms with Gasteiger partial charge in [0.1, 0.15) is 5.00 Å². The lowest BCUT2D eigenvalue weighted by Crippen LogP contribution is -2.37. The van der Waals surface area contributed by atoms with Gasteiger partial charge in [-0.3, -0.25) is 9.59 Å². The molecule has 1 aromatic heterocycles. The van der Waals surface area contributed by atoms with E-state index in [2.05, 4.69) is 10.6 Å². The van der Waals surface area contributed by atoms with Crippen molar-refractivity contribution in [1.29, 1.82) is 0 Å². The second-order valence-corrected chi connectivity index (χ2v) is 6.90. The summed E-state index contributed by atoms with van der Waals surface area (Å²) in [5, 5.41) is 16.5. The zero-order valence-electron chi connectivity index (χ0n) is 13.5. The van der Waals surface area contributed by atoms with Gasteiger partial charge in [0.25, 0.3) is 0 Å². The number of nitrogens with one attached hydrogen (secondary N) is 2. The van der Waals surface area contributed by atoms with Crippen LogP contribution in [0.4, 0.5) is 5.00 Å². The summed E-state index contributed by atoms with van der Waals surface area (Å²) in [6.45, 7) is 0.324. The van der Waals surface area contributed by atoms with Crippen molar-refractivity contribution in [2.24, 2.45) is 0 Å². The van der Waals surface area contributed by atoms with E-state index in [1.54, 1.807) is 0 Å². The van der Waals surface area contributed by atoms with Crippen LogP contribution >= 0.6 is 11.3 Å². The molecule has 1 aromatic carbocycles. The van der Waals surface area contributed by atoms with Crippen molar-refractivity contribution < 1.29 is 19.5 Å². The van der Waals surface area contributed by atoms with Gasteiger partial charge in [0.15, 0.2) is 0 Å². The van der Waals surface area contributed by atoms with Gasteiger partial charge in [-0.2, -0.15) is 0 Å². The summed E-state index contributed by atoms with van der Waals surface area (Å²) in [6, 6.07) is 9.59. The first-order chi connectivity index (χ1) is 12.1. The van der Waals surface area contributed by atoms with Crippen molar-refractivity contribution in [3.63, 3.8) is 0 Å². The maximum absolute atomic E-state index is 12.0. The summed E-state index contributed by atoms with van der Waals surface area (Å²) in [6.07, 6.45) is 2.96. The minimum absolute atomic E-state index is 0.0166. The first-order valence-corrected chi connectivity index (χ1v) is 8.87. The fourth-order valence-electron chi connectivity index (χ4n) is 2.91. The van der Waals surface area contributed by atoms with Crippen LogP contribution in [0.15, 0.2) is 30.3 Å². The van der Waals surface area contributed by atoms with E-state index >= 15 is 0 Å². The average Bonchev–Trinajstić information content (AvgIpc) is 3.15. The molecule has 0 fully saturated rings. The molecule has 0 unspecified atom stereocenters. The van der Waals surface area contributed by atoms with Crippen LogP contribution in [-0.4, -0.2) is 24.3 Å². The second kappa shape index (κ2) is 7.48. The predicted molar refractivity (Wildman–Crippen MR) is 92.5 cm³/mol. The molecule has 130 valence electrons. The Labute approximate surface area is 148 Å². The Morgan fingerprint density at radius 2 is 1.84 bits per heavy atom. The zero-order valence-corrected chi connectivity index (χ0v) is 14.3. The third kappa shape index (κ3) is 3.88. The van der Waals surface area contributed by atoms with Gasteiger partial charge in [0.05, 0.1) is 5.97 Å². The van der Waals surface area contributed by atoms with Gasteiger partial charge in [-0.05, 0) is 36.8 Å². The van der Waals surface area contributed by atoms with Gasteiger partial charge in [0.2, 0.25) is 0 Å². The van der Waals surface area contributed by atoms with Crippen molar-refractivity contribution in [1.82, 2.24) is 5.32 Å². The molecule has 1 aliphatic rings. The summed E-state index contributed by atoms with van der Waals surface area (Å²) in [5.74, 6) is -2.97. The number of carbonyl (C=O) groups excluding carboxylic acids is 3. The third-order valence-corrected chi connectivity index (χ3v) is 5.31. The van der Waals surface area contributed by atoms with E-state index in [9.17, 15) is 19.5 Å². The molecule has 0 spiro atoms. The van der Waals surface area contributed by atoms with E-state index in [4.69, 9.17) is 0 Å². The minimum Gasteiger partial charge on any atom is -0.545 e. The highest BCUT2D eigenvalue weighted by Crippen LogP contribution is 2.38. The van der Waals surface area contributed by atoms with Gasteiger partial charge in [-0.25, -0.2) is 0 Å². The number of carboxylic acids is 1. The van der Waals surface area contributed by atoms with Crippen molar-refractivity contribution >= 4 is 34.1 Å². The molecule has 1 heterocycles. The number of amides is 2. The normalized spacial score (nSPS) is 12.5. The highest BCUT2D eigenvalue weighted by molar-refractivity contribution is 7.17. The third-order valence-electron chi connectivity index (χ3n) is 4.10. The summed E-state index contributed by atoms with van der Waals surface area (Å²) >= 11 is 1.21. The lowest BCUT2D eigenvalue weighted by molar-refractivity contribution is -0.254. The molecule has 6 nitrogen and oxygen atoms in total. The van der Waals surface area contributed by atoms with Gasteiger partial charge in [-0.1, -0.05) is 30.3 Å². The average molecular weight is 357 g/mol.